The van der Waals surface area contributed by atoms with E-state index in [1.165, 1.54) is 5.56 Å². The van der Waals surface area contributed by atoms with Gasteiger partial charge in [0.1, 0.15) is 11.3 Å². The monoisotopic (exact) mass is 260 g/mol. The lowest BCUT2D eigenvalue weighted by atomic mass is 9.92. The third-order valence-corrected chi connectivity index (χ3v) is 3.84. The Morgan fingerprint density at radius 2 is 2.26 bits per heavy atom. The van der Waals surface area contributed by atoms with E-state index in [1.807, 2.05) is 6.07 Å². The first-order valence-corrected chi connectivity index (χ1v) is 6.82. The first kappa shape index (κ1) is 12.7. The summed E-state index contributed by atoms with van der Waals surface area (Å²) in [6.45, 7) is 3.68. The fourth-order valence-electron chi connectivity index (χ4n) is 2.82. The quantitative estimate of drug-likeness (QED) is 0.658. The van der Waals surface area contributed by atoms with Crippen molar-refractivity contribution in [3.8, 4) is 0 Å². The number of rotatable bonds is 3. The standard InChI is InChI=1S/C15H20N2O2/c1-10-4-5-13-12(7-10)8-14(19-13)15(17-16)11-3-2-6-18-9-11/h4-5,7-8,11,15,17H,2-3,6,9,16H2,1H3. The molecule has 0 spiro atoms. The molecule has 0 saturated carbocycles. The van der Waals surface area contributed by atoms with Crippen LogP contribution in [0.2, 0.25) is 0 Å². The Hall–Kier alpha value is -1.36. The highest BCUT2D eigenvalue weighted by molar-refractivity contribution is 5.78. The van der Waals surface area contributed by atoms with Gasteiger partial charge in [-0.15, -0.1) is 0 Å². The van der Waals surface area contributed by atoms with Gasteiger partial charge in [-0.1, -0.05) is 11.6 Å². The number of ether oxygens (including phenoxy) is 1. The van der Waals surface area contributed by atoms with Crippen molar-refractivity contribution in [3.63, 3.8) is 0 Å². The molecule has 1 aromatic heterocycles. The van der Waals surface area contributed by atoms with Gasteiger partial charge in [0.25, 0.3) is 0 Å². The highest BCUT2D eigenvalue weighted by Gasteiger charge is 2.27. The second kappa shape index (κ2) is 5.33. The van der Waals surface area contributed by atoms with Crippen LogP contribution in [0.1, 0.15) is 30.2 Å². The topological polar surface area (TPSA) is 60.4 Å². The molecule has 3 rings (SSSR count). The zero-order valence-corrected chi connectivity index (χ0v) is 11.2. The molecule has 2 aromatic rings. The number of aryl methyl sites for hydroxylation is 1. The van der Waals surface area contributed by atoms with Gasteiger partial charge in [-0.05, 0) is 38.0 Å². The summed E-state index contributed by atoms with van der Waals surface area (Å²) < 4.78 is 11.5. The van der Waals surface area contributed by atoms with Crippen LogP contribution in [0.3, 0.4) is 0 Å². The fraction of sp³-hybridized carbons (Fsp3) is 0.467. The summed E-state index contributed by atoms with van der Waals surface area (Å²) in [7, 11) is 0. The summed E-state index contributed by atoms with van der Waals surface area (Å²) in [5, 5.41) is 1.13. The van der Waals surface area contributed by atoms with Gasteiger partial charge in [0.2, 0.25) is 0 Å². The zero-order valence-electron chi connectivity index (χ0n) is 11.2. The molecule has 1 aromatic carbocycles. The largest absolute Gasteiger partial charge is 0.459 e. The highest BCUT2D eigenvalue weighted by Crippen LogP contribution is 2.32. The third kappa shape index (κ3) is 2.52. The molecular formula is C15H20N2O2. The van der Waals surface area contributed by atoms with Crippen LogP contribution in [0.5, 0.6) is 0 Å². The molecule has 1 aliphatic heterocycles. The predicted molar refractivity (Wildman–Crippen MR) is 74.6 cm³/mol. The molecule has 4 nitrogen and oxygen atoms in total. The van der Waals surface area contributed by atoms with E-state index in [2.05, 4.69) is 30.5 Å². The Kier molecular flexibility index (Phi) is 3.55. The lowest BCUT2D eigenvalue weighted by Crippen LogP contribution is -2.37. The molecule has 19 heavy (non-hydrogen) atoms. The lowest BCUT2D eigenvalue weighted by Gasteiger charge is -2.28. The van der Waals surface area contributed by atoms with Gasteiger partial charge in [0.15, 0.2) is 0 Å². The first-order chi connectivity index (χ1) is 9.28. The van der Waals surface area contributed by atoms with E-state index in [0.29, 0.717) is 5.92 Å². The highest BCUT2D eigenvalue weighted by atomic mass is 16.5. The molecule has 1 aliphatic rings. The Morgan fingerprint density at radius 3 is 3.00 bits per heavy atom. The van der Waals surface area contributed by atoms with Crippen molar-refractivity contribution in [2.75, 3.05) is 13.2 Å². The molecule has 2 unspecified atom stereocenters. The Bertz CT molecular complexity index is 558. The van der Waals surface area contributed by atoms with Gasteiger partial charge in [-0.3, -0.25) is 5.84 Å². The van der Waals surface area contributed by atoms with Crippen molar-refractivity contribution in [2.45, 2.75) is 25.8 Å². The average molecular weight is 260 g/mol. The molecule has 4 heteroatoms. The third-order valence-electron chi connectivity index (χ3n) is 3.84. The molecule has 0 bridgehead atoms. The van der Waals surface area contributed by atoms with Gasteiger partial charge in [0.05, 0.1) is 12.6 Å². The van der Waals surface area contributed by atoms with Gasteiger partial charge in [0, 0.05) is 17.9 Å². The minimum atomic E-state index is 0.0213. The average Bonchev–Trinajstić information content (AvgIpc) is 2.83. The minimum absolute atomic E-state index is 0.0213. The number of hydrazine groups is 1. The van der Waals surface area contributed by atoms with E-state index in [9.17, 15) is 0 Å². The number of hydrogen-bond donors (Lipinski definition) is 2. The van der Waals surface area contributed by atoms with Gasteiger partial charge >= 0.3 is 0 Å². The van der Waals surface area contributed by atoms with E-state index in [4.69, 9.17) is 15.0 Å². The van der Waals surface area contributed by atoms with Crippen LogP contribution in [0.15, 0.2) is 28.7 Å². The summed E-state index contributed by atoms with van der Waals surface area (Å²) in [5.74, 6) is 7.00. The van der Waals surface area contributed by atoms with Crippen molar-refractivity contribution >= 4 is 11.0 Å². The second-order valence-electron chi connectivity index (χ2n) is 5.31. The number of benzene rings is 1. The smallest absolute Gasteiger partial charge is 0.134 e. The summed E-state index contributed by atoms with van der Waals surface area (Å²) in [6, 6.07) is 8.31. The molecule has 3 N–H and O–H groups in total. The van der Waals surface area contributed by atoms with Crippen molar-refractivity contribution in [1.82, 2.24) is 5.43 Å². The molecule has 0 amide bonds. The minimum Gasteiger partial charge on any atom is -0.459 e. The molecular weight excluding hydrogens is 240 g/mol. The maximum atomic E-state index is 5.93. The number of nitrogens with one attached hydrogen (secondary N) is 1. The van der Waals surface area contributed by atoms with Crippen LogP contribution in [0.25, 0.3) is 11.0 Å². The summed E-state index contributed by atoms with van der Waals surface area (Å²) in [5.41, 5.74) is 5.04. The van der Waals surface area contributed by atoms with E-state index < -0.39 is 0 Å². The first-order valence-electron chi connectivity index (χ1n) is 6.82. The van der Waals surface area contributed by atoms with Crippen molar-refractivity contribution in [2.24, 2.45) is 11.8 Å². The van der Waals surface area contributed by atoms with Gasteiger partial charge in [-0.2, -0.15) is 0 Å². The number of hydrogen-bond acceptors (Lipinski definition) is 4. The number of fused-ring (bicyclic) bond motifs is 1. The number of nitrogens with two attached hydrogens (primary N) is 1. The second-order valence-corrected chi connectivity index (χ2v) is 5.31. The van der Waals surface area contributed by atoms with Crippen LogP contribution < -0.4 is 11.3 Å². The molecule has 1 fully saturated rings. The van der Waals surface area contributed by atoms with Crippen LogP contribution in [0.4, 0.5) is 0 Å². The maximum absolute atomic E-state index is 5.93. The SMILES string of the molecule is Cc1ccc2oc(C(NN)C3CCCOC3)cc2c1. The Morgan fingerprint density at radius 1 is 1.37 bits per heavy atom. The lowest BCUT2D eigenvalue weighted by molar-refractivity contribution is 0.0358. The van der Waals surface area contributed by atoms with Crippen LogP contribution in [-0.4, -0.2) is 13.2 Å². The molecule has 1 saturated heterocycles. The maximum Gasteiger partial charge on any atom is 0.134 e. The van der Waals surface area contributed by atoms with E-state index in [-0.39, 0.29) is 6.04 Å². The van der Waals surface area contributed by atoms with Crippen molar-refractivity contribution < 1.29 is 9.15 Å². The van der Waals surface area contributed by atoms with E-state index in [0.717, 1.165) is 42.8 Å². The summed E-state index contributed by atoms with van der Waals surface area (Å²) >= 11 is 0. The molecule has 0 aliphatic carbocycles. The van der Waals surface area contributed by atoms with E-state index >= 15 is 0 Å². The molecule has 0 radical (unpaired) electrons. The molecule has 2 atom stereocenters. The van der Waals surface area contributed by atoms with Crippen LogP contribution in [-0.2, 0) is 4.74 Å². The Labute approximate surface area is 112 Å². The van der Waals surface area contributed by atoms with Crippen LogP contribution in [0, 0.1) is 12.8 Å². The van der Waals surface area contributed by atoms with E-state index in [1.54, 1.807) is 0 Å². The predicted octanol–water partition coefficient (Wildman–Crippen LogP) is 2.67. The Balaban J connectivity index is 1.91. The number of furan rings is 1. The van der Waals surface area contributed by atoms with Gasteiger partial charge < -0.3 is 9.15 Å². The zero-order chi connectivity index (χ0) is 13.2. The fourth-order valence-corrected chi connectivity index (χ4v) is 2.82. The summed E-state index contributed by atoms with van der Waals surface area (Å²) in [4.78, 5) is 0. The normalized spacial score (nSPS) is 21.7. The summed E-state index contributed by atoms with van der Waals surface area (Å²) in [6.07, 6.45) is 2.20. The van der Waals surface area contributed by atoms with Gasteiger partial charge in [-0.25, -0.2) is 5.43 Å². The van der Waals surface area contributed by atoms with Crippen molar-refractivity contribution in [3.05, 3.63) is 35.6 Å². The van der Waals surface area contributed by atoms with Crippen molar-refractivity contribution in [1.29, 1.82) is 0 Å². The van der Waals surface area contributed by atoms with Crippen LogP contribution >= 0.6 is 0 Å². The molecule has 102 valence electrons. The molecule has 2 heterocycles.